The van der Waals surface area contributed by atoms with Gasteiger partial charge in [-0.2, -0.15) is 0 Å². The van der Waals surface area contributed by atoms with Crippen molar-refractivity contribution < 1.29 is 4.74 Å². The number of hydrogen-bond acceptors (Lipinski definition) is 3. The van der Waals surface area contributed by atoms with E-state index in [2.05, 4.69) is 23.8 Å². The molecule has 1 unspecified atom stereocenters. The van der Waals surface area contributed by atoms with Crippen molar-refractivity contribution in [3.8, 4) is 16.9 Å². The number of hydrogen-bond donors (Lipinski definition) is 1. The number of rotatable bonds is 5. The Morgan fingerprint density at radius 1 is 1.19 bits per heavy atom. The van der Waals surface area contributed by atoms with Gasteiger partial charge >= 0.3 is 0 Å². The lowest BCUT2D eigenvalue weighted by atomic mass is 9.91. The number of H-pyrrole nitrogens is 1. The predicted molar refractivity (Wildman–Crippen MR) is 110 cm³/mol. The highest BCUT2D eigenvalue weighted by Gasteiger charge is 2.31. The summed E-state index contributed by atoms with van der Waals surface area (Å²) < 4.78 is 5.81. The van der Waals surface area contributed by atoms with Crippen LogP contribution in [0.25, 0.3) is 22.0 Å². The monoisotopic (exact) mass is 382 g/mol. The van der Waals surface area contributed by atoms with Crippen LogP contribution in [0.4, 0.5) is 0 Å². The maximum Gasteiger partial charge on any atom is 0.258 e. The molecule has 1 heterocycles. The molecule has 1 saturated carbocycles. The lowest BCUT2D eigenvalue weighted by Gasteiger charge is -2.16. The van der Waals surface area contributed by atoms with Gasteiger partial charge in [-0.05, 0) is 66.6 Å². The fourth-order valence-corrected chi connectivity index (χ4v) is 3.70. The summed E-state index contributed by atoms with van der Waals surface area (Å²) in [6.07, 6.45) is 2.28. The van der Waals surface area contributed by atoms with E-state index in [1.165, 1.54) is 5.56 Å². The number of halogens is 1. The summed E-state index contributed by atoms with van der Waals surface area (Å²) in [6.45, 7) is 6.10. The second-order valence-corrected chi connectivity index (χ2v) is 8.02. The Kier molecular flexibility index (Phi) is 4.68. The number of fused-ring (bicyclic) bond motifs is 1. The zero-order valence-corrected chi connectivity index (χ0v) is 16.5. The van der Waals surface area contributed by atoms with Crippen molar-refractivity contribution in [2.45, 2.75) is 45.1 Å². The van der Waals surface area contributed by atoms with Crippen molar-refractivity contribution in [2.24, 2.45) is 5.92 Å². The first-order valence-corrected chi connectivity index (χ1v) is 9.82. The maximum absolute atomic E-state index is 12.4. The average molecular weight is 383 g/mol. The van der Waals surface area contributed by atoms with E-state index in [0.717, 1.165) is 35.2 Å². The molecule has 1 fully saturated rings. The molecule has 4 nitrogen and oxygen atoms in total. The summed E-state index contributed by atoms with van der Waals surface area (Å²) in [5.74, 6) is 2.18. The van der Waals surface area contributed by atoms with Gasteiger partial charge in [-0.15, -0.1) is 0 Å². The number of ether oxygens (including phenoxy) is 1. The van der Waals surface area contributed by atoms with E-state index >= 15 is 0 Å². The molecule has 0 radical (unpaired) electrons. The highest BCUT2D eigenvalue weighted by Crippen LogP contribution is 2.37. The van der Waals surface area contributed by atoms with Crippen LogP contribution in [0.5, 0.6) is 5.75 Å². The molecule has 1 N–H and O–H groups in total. The lowest BCUT2D eigenvalue weighted by Crippen LogP contribution is -2.11. The number of aromatic amines is 1. The van der Waals surface area contributed by atoms with E-state index in [4.69, 9.17) is 16.3 Å². The highest BCUT2D eigenvalue weighted by molar-refractivity contribution is 6.20. The molecule has 1 aliphatic rings. The van der Waals surface area contributed by atoms with Crippen molar-refractivity contribution in [3.63, 3.8) is 0 Å². The van der Waals surface area contributed by atoms with Gasteiger partial charge in [0.15, 0.2) is 5.56 Å². The summed E-state index contributed by atoms with van der Waals surface area (Å²) in [6, 6.07) is 11.9. The van der Waals surface area contributed by atoms with Crippen molar-refractivity contribution in [1.82, 2.24) is 9.97 Å². The van der Waals surface area contributed by atoms with Crippen LogP contribution >= 0.6 is 11.6 Å². The van der Waals surface area contributed by atoms with Crippen LogP contribution in [-0.4, -0.2) is 15.5 Å². The van der Waals surface area contributed by atoms with Crippen LogP contribution in [0, 0.1) is 12.8 Å². The third-order valence-corrected chi connectivity index (χ3v) is 5.47. The molecule has 5 heteroatoms. The van der Waals surface area contributed by atoms with Gasteiger partial charge in [0.1, 0.15) is 11.6 Å². The van der Waals surface area contributed by atoms with E-state index in [-0.39, 0.29) is 11.1 Å². The molecule has 0 aliphatic heterocycles. The molecule has 4 rings (SSSR count). The minimum atomic E-state index is -0.254. The minimum absolute atomic E-state index is 0.108. The summed E-state index contributed by atoms with van der Waals surface area (Å²) in [4.78, 5) is 19.7. The standard InChI is InChI=1S/C22H23ClN2O2/c1-12(2)17-11-20-19(22(26)25-13(3)24-20)10-18(17)14-6-8-16(9-7-14)27-21(23)15-4-5-15/h6-12,15,21H,4-5H2,1-3H3,(H,24,25,26). The van der Waals surface area contributed by atoms with Gasteiger partial charge in [0.05, 0.1) is 10.9 Å². The number of alkyl halides is 1. The van der Waals surface area contributed by atoms with Crippen molar-refractivity contribution in [2.75, 3.05) is 0 Å². The molecule has 0 saturated heterocycles. The molecule has 3 aromatic rings. The molecule has 1 atom stereocenters. The third-order valence-electron chi connectivity index (χ3n) is 5.02. The first-order valence-electron chi connectivity index (χ1n) is 9.38. The van der Waals surface area contributed by atoms with E-state index in [0.29, 0.717) is 23.0 Å². The summed E-state index contributed by atoms with van der Waals surface area (Å²) in [7, 11) is 0. The van der Waals surface area contributed by atoms with Gasteiger partial charge in [-0.1, -0.05) is 37.6 Å². The summed E-state index contributed by atoms with van der Waals surface area (Å²) >= 11 is 6.26. The molecule has 0 bridgehead atoms. The maximum atomic E-state index is 12.4. The number of aryl methyl sites for hydroxylation is 1. The summed E-state index contributed by atoms with van der Waals surface area (Å²) in [5.41, 5.74) is 3.63. The van der Waals surface area contributed by atoms with Crippen LogP contribution < -0.4 is 10.3 Å². The second kappa shape index (κ2) is 7.01. The highest BCUT2D eigenvalue weighted by atomic mass is 35.5. The van der Waals surface area contributed by atoms with Crippen molar-refractivity contribution in [1.29, 1.82) is 0 Å². The van der Waals surface area contributed by atoms with E-state index in [1.807, 2.05) is 36.4 Å². The Labute approximate surface area is 163 Å². The fraction of sp³-hybridized carbons (Fsp3) is 0.364. The van der Waals surface area contributed by atoms with Gasteiger partial charge in [0.2, 0.25) is 0 Å². The van der Waals surface area contributed by atoms with Crippen LogP contribution in [0.2, 0.25) is 0 Å². The van der Waals surface area contributed by atoms with Crippen LogP contribution in [-0.2, 0) is 0 Å². The van der Waals surface area contributed by atoms with E-state index in [9.17, 15) is 4.79 Å². The molecule has 140 valence electrons. The van der Waals surface area contributed by atoms with Crippen molar-refractivity contribution in [3.05, 3.63) is 58.1 Å². The fourth-order valence-electron chi connectivity index (χ4n) is 3.34. The lowest BCUT2D eigenvalue weighted by molar-refractivity contribution is 0.258. The molecule has 1 aliphatic carbocycles. The van der Waals surface area contributed by atoms with Gasteiger partial charge in [0, 0.05) is 5.92 Å². The van der Waals surface area contributed by atoms with Crippen LogP contribution in [0.15, 0.2) is 41.2 Å². The molecule has 1 aromatic heterocycles. The van der Waals surface area contributed by atoms with Gasteiger partial charge in [-0.3, -0.25) is 4.79 Å². The normalized spacial score (nSPS) is 15.3. The van der Waals surface area contributed by atoms with Crippen molar-refractivity contribution >= 4 is 22.5 Å². The van der Waals surface area contributed by atoms with E-state index < -0.39 is 0 Å². The Morgan fingerprint density at radius 2 is 1.89 bits per heavy atom. The minimum Gasteiger partial charge on any atom is -0.474 e. The molecule has 27 heavy (non-hydrogen) atoms. The van der Waals surface area contributed by atoms with Gasteiger partial charge in [-0.25, -0.2) is 4.98 Å². The Morgan fingerprint density at radius 3 is 2.52 bits per heavy atom. The third kappa shape index (κ3) is 3.72. The molecule has 0 spiro atoms. The number of nitrogens with zero attached hydrogens (tertiary/aromatic N) is 1. The van der Waals surface area contributed by atoms with Gasteiger partial charge < -0.3 is 9.72 Å². The zero-order chi connectivity index (χ0) is 19.1. The number of aromatic nitrogens is 2. The first kappa shape index (κ1) is 18.1. The first-order chi connectivity index (χ1) is 12.9. The Balaban J connectivity index is 1.75. The zero-order valence-electron chi connectivity index (χ0n) is 15.8. The molecular weight excluding hydrogens is 360 g/mol. The van der Waals surface area contributed by atoms with E-state index in [1.54, 1.807) is 6.92 Å². The second-order valence-electron chi connectivity index (χ2n) is 7.59. The van der Waals surface area contributed by atoms with Crippen LogP contribution in [0.3, 0.4) is 0 Å². The Hall–Kier alpha value is -2.33. The summed E-state index contributed by atoms with van der Waals surface area (Å²) in [5, 5.41) is 0.606. The number of benzene rings is 2. The van der Waals surface area contributed by atoms with Crippen LogP contribution in [0.1, 0.15) is 44.0 Å². The number of nitrogens with one attached hydrogen (secondary N) is 1. The SMILES string of the molecule is Cc1nc2cc(C(C)C)c(-c3ccc(OC(Cl)C4CC4)cc3)cc2c(=O)[nH]1. The van der Waals surface area contributed by atoms with Gasteiger partial charge in [0.25, 0.3) is 5.56 Å². The molecular formula is C22H23ClN2O2. The predicted octanol–water partition coefficient (Wildman–Crippen LogP) is 5.38. The average Bonchev–Trinajstić information content (AvgIpc) is 3.46. The Bertz CT molecular complexity index is 1040. The smallest absolute Gasteiger partial charge is 0.258 e. The molecule has 0 amide bonds. The quantitative estimate of drug-likeness (QED) is 0.603. The largest absolute Gasteiger partial charge is 0.474 e. The molecule has 2 aromatic carbocycles. The topological polar surface area (TPSA) is 55.0 Å².